The molecule has 5 heterocycles. The number of benzene rings is 2. The molecule has 2 saturated heterocycles. The fraction of sp³-hybridized carbons (Fsp3) is 0.417. The van der Waals surface area contributed by atoms with Gasteiger partial charge < -0.3 is 34.7 Å². The fourth-order valence-electron chi connectivity index (χ4n) is 6.36. The van der Waals surface area contributed by atoms with Gasteiger partial charge in [0.1, 0.15) is 17.3 Å². The lowest BCUT2D eigenvalue weighted by molar-refractivity contribution is -0.0722. The van der Waals surface area contributed by atoms with Gasteiger partial charge in [-0.15, -0.1) is 0 Å². The summed E-state index contributed by atoms with van der Waals surface area (Å²) in [5, 5.41) is 18.7. The number of aromatic carboxylic acids is 1. The van der Waals surface area contributed by atoms with Crippen LogP contribution in [0.3, 0.4) is 0 Å². The fourth-order valence-corrected chi connectivity index (χ4v) is 7.02. The largest absolute Gasteiger partial charge is 0.511 e. The zero-order chi connectivity index (χ0) is 34.7. The number of halogens is 1. The average molecular weight is 708 g/mol. The van der Waals surface area contributed by atoms with Crippen molar-refractivity contribution in [2.45, 2.75) is 63.1 Å². The molecule has 11 nitrogen and oxygen atoms in total. The molecule has 0 saturated carbocycles. The van der Waals surface area contributed by atoms with Gasteiger partial charge in [-0.25, -0.2) is 9.78 Å². The number of fused-ring (bicyclic) bond motifs is 2. The van der Waals surface area contributed by atoms with E-state index in [0.717, 1.165) is 78.6 Å². The Balaban J connectivity index is 0.000000466. The molecule has 3 aliphatic heterocycles. The number of rotatable bonds is 10. The second kappa shape index (κ2) is 15.0. The number of carbonyl (C=O) groups is 1. The first kappa shape index (κ1) is 35.0. The molecule has 0 bridgehead atoms. The van der Waals surface area contributed by atoms with E-state index in [-0.39, 0.29) is 23.5 Å². The summed E-state index contributed by atoms with van der Waals surface area (Å²) in [6.07, 6.45) is 6.64. The van der Waals surface area contributed by atoms with E-state index in [0.29, 0.717) is 29.7 Å². The van der Waals surface area contributed by atoms with Crippen molar-refractivity contribution < 1.29 is 29.2 Å². The third kappa shape index (κ3) is 7.84. The number of nitrogens with zero attached hydrogens (tertiary/aromatic N) is 4. The van der Waals surface area contributed by atoms with Gasteiger partial charge in [-0.3, -0.25) is 9.88 Å². The monoisotopic (exact) mass is 707 g/mol. The minimum atomic E-state index is -1.01. The number of hydrogen-bond acceptors (Lipinski definition) is 10. The molecule has 0 spiro atoms. The number of aliphatic hydroxyl groups excluding tert-OH is 1. The molecule has 0 unspecified atom stereocenters. The first-order valence-corrected chi connectivity index (χ1v) is 18.1. The molecule has 0 amide bonds. The number of carboxylic acids is 1. The second-order valence-corrected chi connectivity index (χ2v) is 14.1. The summed E-state index contributed by atoms with van der Waals surface area (Å²) in [4.78, 5) is 23.4. The average Bonchev–Trinajstić information content (AvgIpc) is 3.60. The Morgan fingerprint density at radius 1 is 1.16 bits per heavy atom. The van der Waals surface area contributed by atoms with Crippen LogP contribution in [-0.2, 0) is 23.6 Å². The molecule has 49 heavy (non-hydrogen) atoms. The van der Waals surface area contributed by atoms with Crippen molar-refractivity contribution in [2.75, 3.05) is 31.7 Å². The van der Waals surface area contributed by atoms with E-state index in [1.54, 1.807) is 42.2 Å². The topological polar surface area (TPSA) is 145 Å². The van der Waals surface area contributed by atoms with Crippen molar-refractivity contribution in [2.24, 2.45) is 5.73 Å². The molecule has 0 aliphatic carbocycles. The van der Waals surface area contributed by atoms with Crippen LogP contribution in [0.5, 0.6) is 11.5 Å². The number of thioether (sulfide) groups is 1. The highest BCUT2D eigenvalue weighted by Gasteiger charge is 2.42. The number of hydrogen-bond donors (Lipinski definition) is 3. The molecular weight excluding hydrogens is 666 g/mol. The molecule has 3 atom stereocenters. The van der Waals surface area contributed by atoms with E-state index in [2.05, 4.69) is 27.1 Å². The maximum atomic E-state index is 11.6. The summed E-state index contributed by atoms with van der Waals surface area (Å²) in [5.41, 5.74) is 9.12. The van der Waals surface area contributed by atoms with E-state index >= 15 is 0 Å². The molecule has 4 aromatic rings. The van der Waals surface area contributed by atoms with Crippen LogP contribution in [0.1, 0.15) is 59.5 Å². The van der Waals surface area contributed by atoms with Crippen molar-refractivity contribution in [3.8, 4) is 11.5 Å². The number of imidazole rings is 1. The summed E-state index contributed by atoms with van der Waals surface area (Å²) in [6, 6.07) is 14.6. The van der Waals surface area contributed by atoms with Crippen LogP contribution < -0.4 is 15.2 Å². The molecular formula is C36H42ClN5O6S. The van der Waals surface area contributed by atoms with Crippen LogP contribution in [0.15, 0.2) is 67.1 Å². The van der Waals surface area contributed by atoms with Gasteiger partial charge in [-0.05, 0) is 80.9 Å². The Hall–Kier alpha value is -3.81. The molecule has 3 aliphatic rings. The van der Waals surface area contributed by atoms with Crippen LogP contribution in [0, 0.1) is 0 Å². The molecule has 0 radical (unpaired) electrons. The second-order valence-electron chi connectivity index (χ2n) is 12.7. The van der Waals surface area contributed by atoms with E-state index in [4.69, 9.17) is 41.6 Å². The highest BCUT2D eigenvalue weighted by Crippen LogP contribution is 2.49. The van der Waals surface area contributed by atoms with E-state index < -0.39 is 11.8 Å². The van der Waals surface area contributed by atoms with Crippen LogP contribution in [0.25, 0.3) is 11.0 Å². The lowest BCUT2D eigenvalue weighted by Gasteiger charge is -2.33. The predicted molar refractivity (Wildman–Crippen MR) is 191 cm³/mol. The van der Waals surface area contributed by atoms with Crippen LogP contribution >= 0.6 is 23.4 Å². The molecule has 2 aromatic heterocycles. The standard InChI is InChI=1S/C31H31ClN4O5.C5H11NOS/c1-31(27-8-6-21(32)16-33-27)40-26-4-2-3-23(29(26)41-31)19-9-12-35(13-10-19)18-28-34-24-7-5-20(30(37)38)15-25(24)36(28)17-22-11-14-39-22;1-4(7)5(6)3-8-2/h2-8,15-16,19,22H,9-14,17-18H2,1H3,(H,37,38);5,7H,1,3,6H2,2H3/t22-,31-;5-/m00/s1. The first-order chi connectivity index (χ1) is 23.5. The Labute approximate surface area is 295 Å². The quantitative estimate of drug-likeness (QED) is 0.159. The Bertz CT molecular complexity index is 1810. The number of pyridine rings is 1. The molecule has 7 rings (SSSR count). The summed E-state index contributed by atoms with van der Waals surface area (Å²) < 4.78 is 20.6. The number of aromatic nitrogens is 3. The minimum Gasteiger partial charge on any atom is -0.511 e. The number of likely N-dealkylation sites (tertiary alicyclic amines) is 1. The maximum absolute atomic E-state index is 11.6. The van der Waals surface area contributed by atoms with Crippen LogP contribution in [0.2, 0.25) is 5.02 Å². The SMILES string of the molecule is C=C(O)[C@@H](N)CSC.C[C@]1(c2ccc(Cl)cn2)Oc2cccc(C3CCN(Cc4nc5ccc(C(=O)O)cc5n4C[C@@H]4CCO4)CC3)c2O1. The van der Waals surface area contributed by atoms with Gasteiger partial charge in [0.05, 0.1) is 46.9 Å². The molecule has 4 N–H and O–H groups in total. The Morgan fingerprint density at radius 3 is 2.55 bits per heavy atom. The number of ether oxygens (including phenoxy) is 3. The third-order valence-electron chi connectivity index (χ3n) is 9.22. The van der Waals surface area contributed by atoms with Crippen molar-refractivity contribution in [3.05, 3.63) is 94.7 Å². The molecule has 2 aromatic carbocycles. The summed E-state index contributed by atoms with van der Waals surface area (Å²) >= 11 is 7.63. The number of nitrogens with two attached hydrogens (primary N) is 1. The van der Waals surface area contributed by atoms with Gasteiger partial charge in [0.25, 0.3) is 5.79 Å². The van der Waals surface area contributed by atoms with Gasteiger partial charge in [0, 0.05) is 31.0 Å². The highest BCUT2D eigenvalue weighted by molar-refractivity contribution is 7.98. The van der Waals surface area contributed by atoms with Crippen molar-refractivity contribution >= 4 is 40.4 Å². The minimum absolute atomic E-state index is 0.0688. The Kier molecular flexibility index (Phi) is 10.7. The van der Waals surface area contributed by atoms with Crippen molar-refractivity contribution in [1.29, 1.82) is 0 Å². The highest BCUT2D eigenvalue weighted by atomic mass is 35.5. The van der Waals surface area contributed by atoms with E-state index in [1.165, 1.54) is 0 Å². The number of piperidine rings is 1. The lowest BCUT2D eigenvalue weighted by Crippen LogP contribution is -2.35. The van der Waals surface area contributed by atoms with E-state index in [1.807, 2.05) is 31.4 Å². The van der Waals surface area contributed by atoms with Gasteiger partial charge in [-0.1, -0.05) is 30.3 Å². The Morgan fingerprint density at radius 2 is 1.94 bits per heavy atom. The number of aliphatic hydroxyl groups is 1. The van der Waals surface area contributed by atoms with Gasteiger partial charge >= 0.3 is 5.97 Å². The molecule has 2 fully saturated rings. The third-order valence-corrected chi connectivity index (χ3v) is 10.1. The van der Waals surface area contributed by atoms with E-state index in [9.17, 15) is 9.90 Å². The zero-order valence-corrected chi connectivity index (χ0v) is 29.3. The van der Waals surface area contributed by atoms with Crippen LogP contribution in [-0.4, -0.2) is 79.5 Å². The number of para-hydroxylation sites is 1. The van der Waals surface area contributed by atoms with Crippen molar-refractivity contribution in [1.82, 2.24) is 19.4 Å². The summed E-state index contributed by atoms with van der Waals surface area (Å²) in [5.74, 6) is 1.67. The van der Waals surface area contributed by atoms with Gasteiger partial charge in [-0.2, -0.15) is 11.8 Å². The summed E-state index contributed by atoms with van der Waals surface area (Å²) in [7, 11) is 0. The zero-order valence-electron chi connectivity index (χ0n) is 27.7. The molecule has 13 heteroatoms. The smallest absolute Gasteiger partial charge is 0.335 e. The first-order valence-electron chi connectivity index (χ1n) is 16.4. The van der Waals surface area contributed by atoms with Crippen LogP contribution in [0.4, 0.5) is 0 Å². The van der Waals surface area contributed by atoms with Gasteiger partial charge in [0.15, 0.2) is 11.5 Å². The lowest BCUT2D eigenvalue weighted by atomic mass is 9.88. The molecule has 260 valence electrons. The van der Waals surface area contributed by atoms with Crippen molar-refractivity contribution in [3.63, 3.8) is 0 Å². The maximum Gasteiger partial charge on any atom is 0.335 e. The summed E-state index contributed by atoms with van der Waals surface area (Å²) in [6.45, 7) is 9.15. The normalized spacial score (nSPS) is 21.1. The van der Waals surface area contributed by atoms with Gasteiger partial charge in [0.2, 0.25) is 0 Å². The predicted octanol–water partition coefficient (Wildman–Crippen LogP) is 6.34. The number of carboxylic acid groups (broad SMARTS) is 1.